The normalized spacial score (nSPS) is 15.1. The van der Waals surface area contributed by atoms with Crippen LogP contribution in [0.25, 0.3) is 0 Å². The number of halogens is 1. The fourth-order valence-corrected chi connectivity index (χ4v) is 2.33. The zero-order chi connectivity index (χ0) is 12.7. The van der Waals surface area contributed by atoms with Crippen molar-refractivity contribution < 1.29 is 9.84 Å². The van der Waals surface area contributed by atoms with E-state index in [9.17, 15) is 0 Å². The van der Waals surface area contributed by atoms with Crippen LogP contribution < -0.4 is 0 Å². The molecule has 0 amide bonds. The Balaban J connectivity index is 2.81. The molecular formula is C14H19BrO2. The SMILES string of the molecule is COC(c1ccccc1Br)C(C)C=CCCO. The lowest BCUT2D eigenvalue weighted by Crippen LogP contribution is -2.10. The molecule has 0 saturated carbocycles. The van der Waals surface area contributed by atoms with Crippen LogP contribution in [0.4, 0.5) is 0 Å². The quantitative estimate of drug-likeness (QED) is 0.811. The first kappa shape index (κ1) is 14.4. The topological polar surface area (TPSA) is 29.5 Å². The van der Waals surface area contributed by atoms with E-state index >= 15 is 0 Å². The number of aliphatic hydroxyl groups is 1. The van der Waals surface area contributed by atoms with E-state index in [1.807, 2.05) is 24.3 Å². The van der Waals surface area contributed by atoms with E-state index in [2.05, 4.69) is 35.0 Å². The van der Waals surface area contributed by atoms with Crippen LogP contribution in [0.2, 0.25) is 0 Å². The number of hydrogen-bond acceptors (Lipinski definition) is 2. The van der Waals surface area contributed by atoms with Crippen LogP contribution >= 0.6 is 15.9 Å². The molecule has 0 saturated heterocycles. The first-order valence-electron chi connectivity index (χ1n) is 5.75. The largest absolute Gasteiger partial charge is 0.396 e. The first-order chi connectivity index (χ1) is 8.20. The van der Waals surface area contributed by atoms with E-state index < -0.39 is 0 Å². The van der Waals surface area contributed by atoms with Crippen LogP contribution in [-0.2, 0) is 4.74 Å². The summed E-state index contributed by atoms with van der Waals surface area (Å²) in [6.45, 7) is 2.30. The van der Waals surface area contributed by atoms with Crippen LogP contribution in [0.15, 0.2) is 40.9 Å². The highest BCUT2D eigenvalue weighted by atomic mass is 79.9. The average molecular weight is 299 g/mol. The van der Waals surface area contributed by atoms with Gasteiger partial charge in [0, 0.05) is 24.1 Å². The molecule has 17 heavy (non-hydrogen) atoms. The summed E-state index contributed by atoms with van der Waals surface area (Å²) in [5.74, 6) is 0.269. The zero-order valence-corrected chi connectivity index (χ0v) is 11.9. The Morgan fingerprint density at radius 2 is 2.12 bits per heavy atom. The van der Waals surface area contributed by atoms with Crippen molar-refractivity contribution in [3.8, 4) is 0 Å². The third-order valence-electron chi connectivity index (χ3n) is 2.68. The van der Waals surface area contributed by atoms with Gasteiger partial charge in [-0.3, -0.25) is 0 Å². The van der Waals surface area contributed by atoms with Gasteiger partial charge in [-0.2, -0.15) is 0 Å². The first-order valence-corrected chi connectivity index (χ1v) is 6.54. The molecule has 94 valence electrons. The zero-order valence-electron chi connectivity index (χ0n) is 10.3. The van der Waals surface area contributed by atoms with E-state index in [0.29, 0.717) is 6.42 Å². The minimum Gasteiger partial charge on any atom is -0.396 e. The van der Waals surface area contributed by atoms with Crippen LogP contribution in [0.1, 0.15) is 25.0 Å². The van der Waals surface area contributed by atoms with Gasteiger partial charge in [-0.15, -0.1) is 0 Å². The smallest absolute Gasteiger partial charge is 0.0891 e. The van der Waals surface area contributed by atoms with Gasteiger partial charge in [-0.25, -0.2) is 0 Å². The van der Waals surface area contributed by atoms with Gasteiger partial charge >= 0.3 is 0 Å². The van der Waals surface area contributed by atoms with E-state index in [-0.39, 0.29) is 18.6 Å². The molecule has 2 unspecified atom stereocenters. The third-order valence-corrected chi connectivity index (χ3v) is 3.40. The van der Waals surface area contributed by atoms with Crippen molar-refractivity contribution in [3.63, 3.8) is 0 Å². The highest BCUT2D eigenvalue weighted by Crippen LogP contribution is 2.31. The maximum atomic E-state index is 8.75. The van der Waals surface area contributed by atoms with Gasteiger partial charge in [-0.05, 0) is 18.1 Å². The highest BCUT2D eigenvalue weighted by Gasteiger charge is 2.18. The Morgan fingerprint density at radius 3 is 2.71 bits per heavy atom. The van der Waals surface area contributed by atoms with Gasteiger partial charge in [0.2, 0.25) is 0 Å². The molecule has 2 atom stereocenters. The predicted octanol–water partition coefficient (Wildman–Crippen LogP) is 3.71. The van der Waals surface area contributed by atoms with Crippen LogP contribution in [0, 0.1) is 5.92 Å². The molecule has 1 aromatic carbocycles. The molecule has 0 heterocycles. The number of rotatable bonds is 6. The molecule has 0 aromatic heterocycles. The van der Waals surface area contributed by atoms with Gasteiger partial charge in [0.05, 0.1) is 6.10 Å². The molecule has 0 aliphatic carbocycles. The van der Waals surface area contributed by atoms with Crippen molar-refractivity contribution in [1.82, 2.24) is 0 Å². The summed E-state index contributed by atoms with van der Waals surface area (Å²) in [4.78, 5) is 0. The summed E-state index contributed by atoms with van der Waals surface area (Å²) < 4.78 is 6.63. The summed E-state index contributed by atoms with van der Waals surface area (Å²) in [5, 5.41) is 8.75. The Labute approximate surface area is 111 Å². The highest BCUT2D eigenvalue weighted by molar-refractivity contribution is 9.10. The second-order valence-electron chi connectivity index (χ2n) is 3.98. The molecule has 0 aliphatic heterocycles. The summed E-state index contributed by atoms with van der Waals surface area (Å²) >= 11 is 3.54. The fourth-order valence-electron chi connectivity index (χ4n) is 1.82. The summed E-state index contributed by atoms with van der Waals surface area (Å²) in [7, 11) is 1.72. The average Bonchev–Trinajstić information content (AvgIpc) is 2.33. The van der Waals surface area contributed by atoms with Crippen molar-refractivity contribution >= 4 is 15.9 Å². The van der Waals surface area contributed by atoms with Gasteiger partial charge in [0.15, 0.2) is 0 Å². The summed E-state index contributed by atoms with van der Waals surface area (Å²) in [5.41, 5.74) is 1.15. The standard InChI is InChI=1S/C14H19BrO2/c1-11(7-5-6-10-16)14(17-2)12-8-3-4-9-13(12)15/h3-5,7-9,11,14,16H,6,10H2,1-2H3. The summed E-state index contributed by atoms with van der Waals surface area (Å²) in [6.07, 6.45) is 4.80. The van der Waals surface area contributed by atoms with Crippen molar-refractivity contribution in [2.75, 3.05) is 13.7 Å². The second kappa shape index (κ2) is 7.64. The molecule has 0 aliphatic rings. The molecule has 1 N–H and O–H groups in total. The van der Waals surface area contributed by atoms with E-state index in [0.717, 1.165) is 10.0 Å². The lowest BCUT2D eigenvalue weighted by molar-refractivity contribution is 0.0735. The van der Waals surface area contributed by atoms with Gasteiger partial charge in [0.25, 0.3) is 0 Å². The van der Waals surface area contributed by atoms with Crippen molar-refractivity contribution in [1.29, 1.82) is 0 Å². The predicted molar refractivity (Wildman–Crippen MR) is 73.9 cm³/mol. The fraction of sp³-hybridized carbons (Fsp3) is 0.429. The summed E-state index contributed by atoms with van der Waals surface area (Å²) in [6, 6.07) is 8.09. The lowest BCUT2D eigenvalue weighted by atomic mass is 9.96. The van der Waals surface area contributed by atoms with Crippen molar-refractivity contribution in [3.05, 3.63) is 46.5 Å². The van der Waals surface area contributed by atoms with Crippen molar-refractivity contribution in [2.45, 2.75) is 19.4 Å². The Hall–Kier alpha value is -0.640. The van der Waals surface area contributed by atoms with Crippen LogP contribution in [0.5, 0.6) is 0 Å². The minimum atomic E-state index is 0.0283. The molecule has 0 radical (unpaired) electrons. The molecule has 0 spiro atoms. The van der Waals surface area contributed by atoms with Gasteiger partial charge in [-0.1, -0.05) is 53.2 Å². The monoisotopic (exact) mass is 298 g/mol. The number of benzene rings is 1. The number of methoxy groups -OCH3 is 1. The van der Waals surface area contributed by atoms with E-state index in [4.69, 9.17) is 9.84 Å². The lowest BCUT2D eigenvalue weighted by Gasteiger charge is -2.21. The number of ether oxygens (including phenoxy) is 1. The maximum absolute atomic E-state index is 8.75. The molecule has 3 heteroatoms. The Bertz CT molecular complexity index is 363. The Kier molecular flexibility index (Phi) is 6.48. The molecule has 1 aromatic rings. The maximum Gasteiger partial charge on any atom is 0.0891 e. The van der Waals surface area contributed by atoms with Gasteiger partial charge < -0.3 is 9.84 Å². The van der Waals surface area contributed by atoms with E-state index in [1.54, 1.807) is 7.11 Å². The molecule has 0 fully saturated rings. The minimum absolute atomic E-state index is 0.0283. The number of hydrogen-bond donors (Lipinski definition) is 1. The Morgan fingerprint density at radius 1 is 1.41 bits per heavy atom. The third kappa shape index (κ3) is 4.26. The second-order valence-corrected chi connectivity index (χ2v) is 4.83. The molecular weight excluding hydrogens is 280 g/mol. The molecule has 0 bridgehead atoms. The van der Waals surface area contributed by atoms with Crippen molar-refractivity contribution in [2.24, 2.45) is 5.92 Å². The molecule has 2 nitrogen and oxygen atoms in total. The molecule has 1 rings (SSSR count). The number of aliphatic hydroxyl groups excluding tert-OH is 1. The van der Waals surface area contributed by atoms with Crippen LogP contribution in [-0.4, -0.2) is 18.8 Å². The van der Waals surface area contributed by atoms with Gasteiger partial charge in [0.1, 0.15) is 0 Å². The van der Waals surface area contributed by atoms with E-state index in [1.165, 1.54) is 0 Å². The van der Waals surface area contributed by atoms with Crippen LogP contribution in [0.3, 0.4) is 0 Å².